The molecule has 6 nitrogen and oxygen atoms in total. The fourth-order valence-corrected chi connectivity index (χ4v) is 4.79. The van der Waals surface area contributed by atoms with Gasteiger partial charge in [0.2, 0.25) is 0 Å². The standard InChI is InChI=1S/C26H46O6/c1-16(2)8-24(26(32)20-11-22(29)13-23(30)12-20)25(31)14-21(28)7-6-17(3)9-18(4)10-19(5)15-27/h11-13,16-19,21,24-32H,6-10,14-15H2,1-5H3/t17-,18-,19-,21-,24-,25-,26+/m0/s1. The molecule has 32 heavy (non-hydrogen) atoms. The second-order valence-corrected chi connectivity index (χ2v) is 10.5. The first-order chi connectivity index (χ1) is 14.9. The van der Waals surface area contributed by atoms with E-state index >= 15 is 0 Å². The van der Waals surface area contributed by atoms with Gasteiger partial charge >= 0.3 is 0 Å². The Hall–Kier alpha value is -1.34. The molecule has 186 valence electrons. The molecule has 0 saturated heterocycles. The van der Waals surface area contributed by atoms with Gasteiger partial charge in [-0.3, -0.25) is 0 Å². The highest BCUT2D eigenvalue weighted by Gasteiger charge is 2.31. The van der Waals surface area contributed by atoms with E-state index in [-0.39, 0.29) is 30.4 Å². The highest BCUT2D eigenvalue weighted by molar-refractivity contribution is 5.37. The van der Waals surface area contributed by atoms with E-state index < -0.39 is 24.2 Å². The predicted molar refractivity (Wildman–Crippen MR) is 127 cm³/mol. The lowest BCUT2D eigenvalue weighted by Gasteiger charge is -2.31. The van der Waals surface area contributed by atoms with Crippen LogP contribution in [0.15, 0.2) is 18.2 Å². The molecule has 0 aromatic heterocycles. The molecule has 7 atom stereocenters. The summed E-state index contributed by atoms with van der Waals surface area (Å²) in [5, 5.41) is 61.0. The topological polar surface area (TPSA) is 121 Å². The SMILES string of the molecule is CC(C)C[C@H]([C@H](O)c1cc(O)cc(O)c1)[C@@H](O)C[C@@H](O)CC[C@H](C)C[C@H](C)C[C@H](C)CO. The monoisotopic (exact) mass is 454 g/mol. The molecule has 0 bridgehead atoms. The van der Waals surface area contributed by atoms with Crippen LogP contribution in [0.2, 0.25) is 0 Å². The van der Waals surface area contributed by atoms with Gasteiger partial charge in [0.25, 0.3) is 0 Å². The van der Waals surface area contributed by atoms with Crippen molar-refractivity contribution in [2.75, 3.05) is 6.61 Å². The fourth-order valence-electron chi connectivity index (χ4n) is 4.79. The zero-order chi connectivity index (χ0) is 24.4. The summed E-state index contributed by atoms with van der Waals surface area (Å²) >= 11 is 0. The first kappa shape index (κ1) is 28.7. The molecule has 0 unspecified atom stereocenters. The van der Waals surface area contributed by atoms with Crippen LogP contribution in [0.25, 0.3) is 0 Å². The van der Waals surface area contributed by atoms with Gasteiger partial charge in [-0.25, -0.2) is 0 Å². The van der Waals surface area contributed by atoms with Gasteiger partial charge in [-0.2, -0.15) is 0 Å². The van der Waals surface area contributed by atoms with Crippen LogP contribution in [0.5, 0.6) is 11.5 Å². The third kappa shape index (κ3) is 10.5. The third-order valence-corrected chi connectivity index (χ3v) is 6.34. The first-order valence-corrected chi connectivity index (χ1v) is 12.1. The lowest BCUT2D eigenvalue weighted by molar-refractivity contribution is -0.0255. The van der Waals surface area contributed by atoms with Crippen LogP contribution in [0.3, 0.4) is 0 Å². The normalized spacial score (nSPS) is 18.7. The molecule has 0 fully saturated rings. The Morgan fingerprint density at radius 2 is 1.25 bits per heavy atom. The zero-order valence-electron chi connectivity index (χ0n) is 20.5. The Morgan fingerprint density at radius 3 is 1.78 bits per heavy atom. The Kier molecular flexibility index (Phi) is 12.6. The van der Waals surface area contributed by atoms with Crippen molar-refractivity contribution in [1.82, 2.24) is 0 Å². The largest absolute Gasteiger partial charge is 0.508 e. The fraction of sp³-hybridized carbons (Fsp3) is 0.769. The van der Waals surface area contributed by atoms with Gasteiger partial charge in [0.05, 0.1) is 18.3 Å². The van der Waals surface area contributed by atoms with Gasteiger partial charge < -0.3 is 30.6 Å². The number of phenolic OH excluding ortho intramolecular Hbond substituents is 2. The van der Waals surface area contributed by atoms with Gasteiger partial charge in [-0.05, 0) is 79.9 Å². The summed E-state index contributed by atoms with van der Waals surface area (Å²) in [5.74, 6) is 0.658. The van der Waals surface area contributed by atoms with E-state index in [1.165, 1.54) is 18.2 Å². The van der Waals surface area contributed by atoms with Crippen LogP contribution in [0.4, 0.5) is 0 Å². The average molecular weight is 455 g/mol. The highest BCUT2D eigenvalue weighted by atomic mass is 16.3. The Balaban J connectivity index is 2.66. The first-order valence-electron chi connectivity index (χ1n) is 12.1. The minimum Gasteiger partial charge on any atom is -0.508 e. The van der Waals surface area contributed by atoms with Crippen LogP contribution >= 0.6 is 0 Å². The van der Waals surface area contributed by atoms with Crippen LogP contribution in [0, 0.1) is 29.6 Å². The number of aliphatic hydroxyl groups is 4. The number of benzene rings is 1. The summed E-state index contributed by atoms with van der Waals surface area (Å²) in [7, 11) is 0. The second kappa shape index (κ2) is 14.0. The van der Waals surface area contributed by atoms with Crippen molar-refractivity contribution in [2.45, 2.75) is 91.5 Å². The van der Waals surface area contributed by atoms with Gasteiger partial charge in [-0.1, -0.05) is 34.6 Å². The van der Waals surface area contributed by atoms with E-state index in [0.717, 1.165) is 19.3 Å². The van der Waals surface area contributed by atoms with Gasteiger partial charge in [0.15, 0.2) is 0 Å². The minimum absolute atomic E-state index is 0.145. The summed E-state index contributed by atoms with van der Waals surface area (Å²) in [6.07, 6.45) is 1.53. The van der Waals surface area contributed by atoms with E-state index in [4.69, 9.17) is 0 Å². The van der Waals surface area contributed by atoms with Crippen molar-refractivity contribution in [3.05, 3.63) is 23.8 Å². The molecule has 6 N–H and O–H groups in total. The van der Waals surface area contributed by atoms with Gasteiger partial charge in [0, 0.05) is 18.6 Å². The molecule has 0 heterocycles. The molecule has 1 aromatic rings. The van der Waals surface area contributed by atoms with E-state index in [2.05, 4.69) is 13.8 Å². The predicted octanol–water partition coefficient (Wildman–Crippen LogP) is 4.37. The highest BCUT2D eigenvalue weighted by Crippen LogP contribution is 2.35. The maximum atomic E-state index is 10.9. The van der Waals surface area contributed by atoms with Crippen LogP contribution < -0.4 is 0 Å². The van der Waals surface area contributed by atoms with E-state index in [0.29, 0.717) is 36.2 Å². The Labute approximate surface area is 193 Å². The van der Waals surface area contributed by atoms with Gasteiger partial charge in [0.1, 0.15) is 11.5 Å². The zero-order valence-corrected chi connectivity index (χ0v) is 20.5. The summed E-state index contributed by atoms with van der Waals surface area (Å²) in [6.45, 7) is 10.6. The number of hydrogen-bond acceptors (Lipinski definition) is 6. The van der Waals surface area contributed by atoms with E-state index in [1.807, 2.05) is 20.8 Å². The molecule has 6 heteroatoms. The molecule has 1 aromatic carbocycles. The molecular formula is C26H46O6. The summed E-state index contributed by atoms with van der Waals surface area (Å²) < 4.78 is 0. The lowest BCUT2D eigenvalue weighted by atomic mass is 9.81. The van der Waals surface area contributed by atoms with Crippen molar-refractivity contribution in [3.63, 3.8) is 0 Å². The molecule has 0 aliphatic rings. The second-order valence-electron chi connectivity index (χ2n) is 10.5. The molecule has 0 aliphatic carbocycles. The quantitative estimate of drug-likeness (QED) is 0.234. The average Bonchev–Trinajstić information content (AvgIpc) is 2.68. The van der Waals surface area contributed by atoms with Crippen LogP contribution in [-0.4, -0.2) is 49.5 Å². The number of hydrogen-bond donors (Lipinski definition) is 6. The summed E-state index contributed by atoms with van der Waals surface area (Å²) in [5.41, 5.74) is 0.349. The smallest absolute Gasteiger partial charge is 0.119 e. The molecule has 0 amide bonds. The Morgan fingerprint density at radius 1 is 0.688 bits per heavy atom. The molecule has 0 spiro atoms. The maximum Gasteiger partial charge on any atom is 0.119 e. The van der Waals surface area contributed by atoms with Crippen LogP contribution in [-0.2, 0) is 0 Å². The van der Waals surface area contributed by atoms with Crippen molar-refractivity contribution >= 4 is 0 Å². The molecular weight excluding hydrogens is 408 g/mol. The van der Waals surface area contributed by atoms with Crippen molar-refractivity contribution in [3.8, 4) is 11.5 Å². The third-order valence-electron chi connectivity index (χ3n) is 6.34. The van der Waals surface area contributed by atoms with E-state index in [9.17, 15) is 30.6 Å². The number of aromatic hydroxyl groups is 2. The van der Waals surface area contributed by atoms with Crippen LogP contribution in [0.1, 0.15) is 84.8 Å². The van der Waals surface area contributed by atoms with Crippen molar-refractivity contribution < 1.29 is 30.6 Å². The van der Waals surface area contributed by atoms with Gasteiger partial charge in [-0.15, -0.1) is 0 Å². The summed E-state index contributed by atoms with van der Waals surface area (Å²) in [4.78, 5) is 0. The maximum absolute atomic E-state index is 10.9. The number of rotatable bonds is 15. The van der Waals surface area contributed by atoms with E-state index in [1.54, 1.807) is 0 Å². The van der Waals surface area contributed by atoms with Crippen molar-refractivity contribution in [1.29, 1.82) is 0 Å². The Bertz CT molecular complexity index is 629. The lowest BCUT2D eigenvalue weighted by Crippen LogP contribution is -2.31. The molecule has 0 radical (unpaired) electrons. The number of phenols is 2. The minimum atomic E-state index is -1.06. The number of aliphatic hydroxyl groups excluding tert-OH is 4. The molecule has 0 saturated carbocycles. The summed E-state index contributed by atoms with van der Waals surface area (Å²) in [6, 6.07) is 3.98. The van der Waals surface area contributed by atoms with Crippen molar-refractivity contribution in [2.24, 2.45) is 29.6 Å². The molecule has 0 aliphatic heterocycles. The molecule has 1 rings (SSSR count).